The Kier molecular flexibility index (Phi) is 5.92. The summed E-state index contributed by atoms with van der Waals surface area (Å²) in [6, 6.07) is 8.65. The van der Waals surface area contributed by atoms with Gasteiger partial charge < -0.3 is 10.1 Å². The highest BCUT2D eigenvalue weighted by Gasteiger charge is 2.36. The number of benzene rings is 1. The zero-order valence-electron chi connectivity index (χ0n) is 12.8. The molecule has 1 aromatic carbocycles. The van der Waals surface area contributed by atoms with E-state index in [9.17, 15) is 9.59 Å². The Morgan fingerprint density at radius 1 is 1.43 bits per heavy atom. The normalized spacial score (nSPS) is 16.7. The average Bonchev–Trinajstić information content (AvgIpc) is 2.99. The second-order valence-electron chi connectivity index (χ2n) is 4.90. The molecule has 1 unspecified atom stereocenters. The number of halogens is 1. The fourth-order valence-electron chi connectivity index (χ4n) is 2.17. The van der Waals surface area contributed by atoms with Crippen LogP contribution in [0.1, 0.15) is 13.3 Å². The summed E-state index contributed by atoms with van der Waals surface area (Å²) in [4.78, 5) is 24.3. The zero-order valence-corrected chi connectivity index (χ0v) is 14.4. The molecule has 23 heavy (non-hydrogen) atoms. The lowest BCUT2D eigenvalue weighted by atomic mass is 10.1. The van der Waals surface area contributed by atoms with Gasteiger partial charge in [-0.15, -0.1) is 0 Å². The molecule has 0 aromatic heterocycles. The molecule has 0 radical (unpaired) electrons. The lowest BCUT2D eigenvalue weighted by Gasteiger charge is -2.22. The van der Waals surface area contributed by atoms with Gasteiger partial charge in [0.25, 0.3) is 0 Å². The molecule has 1 amide bonds. The van der Waals surface area contributed by atoms with Gasteiger partial charge in [0.05, 0.1) is 12.3 Å². The highest BCUT2D eigenvalue weighted by atomic mass is 79.9. The van der Waals surface area contributed by atoms with Crippen LogP contribution in [0.25, 0.3) is 0 Å². The molecule has 0 bridgehead atoms. The van der Waals surface area contributed by atoms with E-state index in [0.29, 0.717) is 11.0 Å². The lowest BCUT2D eigenvalue weighted by molar-refractivity contribution is -0.135. The predicted molar refractivity (Wildman–Crippen MR) is 92.5 cm³/mol. The van der Waals surface area contributed by atoms with Crippen molar-refractivity contribution >= 4 is 39.2 Å². The largest absolute Gasteiger partial charge is 0.461 e. The topological polar surface area (TPSA) is 71.0 Å². The Balaban J connectivity index is 2.21. The van der Waals surface area contributed by atoms with E-state index in [1.54, 1.807) is 11.9 Å². The first-order valence-corrected chi connectivity index (χ1v) is 8.02. The summed E-state index contributed by atoms with van der Waals surface area (Å²) < 4.78 is 5.65. The zero-order chi connectivity index (χ0) is 16.8. The van der Waals surface area contributed by atoms with Crippen molar-refractivity contribution in [1.29, 1.82) is 0 Å². The summed E-state index contributed by atoms with van der Waals surface area (Å²) in [5, 5.41) is 8.60. The number of hydrazone groups is 1. The number of anilines is 1. The van der Waals surface area contributed by atoms with Crippen LogP contribution in [0.5, 0.6) is 0 Å². The molecular formula is C16H18BrN3O3. The summed E-state index contributed by atoms with van der Waals surface area (Å²) in [5.74, 6) is -0.717. The maximum absolute atomic E-state index is 12.4. The SMILES string of the molecule is C=C(Br)CNC(=O)C1CC(C(=O)OCC)=NN1c1ccccc1. The van der Waals surface area contributed by atoms with Gasteiger partial charge in [0.1, 0.15) is 11.8 Å². The Labute approximate surface area is 143 Å². The smallest absolute Gasteiger partial charge is 0.354 e. The number of hydrogen-bond acceptors (Lipinski definition) is 5. The van der Waals surface area contributed by atoms with Gasteiger partial charge in [-0.05, 0) is 19.1 Å². The van der Waals surface area contributed by atoms with Crippen molar-refractivity contribution in [2.24, 2.45) is 5.10 Å². The third kappa shape index (κ3) is 4.41. The molecule has 0 fully saturated rings. The van der Waals surface area contributed by atoms with E-state index >= 15 is 0 Å². The highest BCUT2D eigenvalue weighted by Crippen LogP contribution is 2.25. The molecule has 2 rings (SSSR count). The summed E-state index contributed by atoms with van der Waals surface area (Å²) in [5.41, 5.74) is 0.984. The monoisotopic (exact) mass is 379 g/mol. The minimum Gasteiger partial charge on any atom is -0.461 e. The maximum Gasteiger partial charge on any atom is 0.354 e. The van der Waals surface area contributed by atoms with Crippen LogP contribution in [0.4, 0.5) is 5.69 Å². The van der Waals surface area contributed by atoms with E-state index in [0.717, 1.165) is 5.69 Å². The third-order valence-corrected chi connectivity index (χ3v) is 3.48. The molecule has 6 nitrogen and oxygen atoms in total. The van der Waals surface area contributed by atoms with Crippen molar-refractivity contribution in [2.45, 2.75) is 19.4 Å². The number of ether oxygens (including phenoxy) is 1. The van der Waals surface area contributed by atoms with Crippen LogP contribution in [0.3, 0.4) is 0 Å². The van der Waals surface area contributed by atoms with Gasteiger partial charge in [0.2, 0.25) is 5.91 Å². The molecule has 0 aliphatic carbocycles. The third-order valence-electron chi connectivity index (χ3n) is 3.20. The molecule has 1 N–H and O–H groups in total. The second kappa shape index (κ2) is 7.92. The van der Waals surface area contributed by atoms with Crippen LogP contribution >= 0.6 is 15.9 Å². The van der Waals surface area contributed by atoms with E-state index in [4.69, 9.17) is 4.74 Å². The minimum absolute atomic E-state index is 0.203. The molecule has 1 heterocycles. The molecule has 7 heteroatoms. The molecule has 0 spiro atoms. The molecule has 1 aromatic rings. The van der Waals surface area contributed by atoms with Crippen molar-refractivity contribution in [3.8, 4) is 0 Å². The molecule has 122 valence electrons. The van der Waals surface area contributed by atoms with Crippen molar-refractivity contribution < 1.29 is 14.3 Å². The van der Waals surface area contributed by atoms with Gasteiger partial charge in [-0.3, -0.25) is 9.80 Å². The van der Waals surface area contributed by atoms with Crippen LogP contribution in [0, 0.1) is 0 Å². The number of hydrogen-bond donors (Lipinski definition) is 1. The first-order chi connectivity index (χ1) is 11.0. The van der Waals surface area contributed by atoms with Crippen LogP contribution in [0.2, 0.25) is 0 Å². The number of esters is 1. The average molecular weight is 380 g/mol. The fourth-order valence-corrected chi connectivity index (χ4v) is 2.31. The molecule has 1 aliphatic rings. The summed E-state index contributed by atoms with van der Waals surface area (Å²) >= 11 is 3.20. The number of nitrogens with zero attached hydrogens (tertiary/aromatic N) is 2. The molecule has 1 atom stereocenters. The Bertz CT molecular complexity index is 631. The van der Waals surface area contributed by atoms with E-state index in [1.165, 1.54) is 0 Å². The van der Waals surface area contributed by atoms with Crippen molar-refractivity contribution in [1.82, 2.24) is 5.32 Å². The van der Waals surface area contributed by atoms with Gasteiger partial charge in [-0.1, -0.05) is 40.7 Å². The van der Waals surface area contributed by atoms with E-state index < -0.39 is 12.0 Å². The lowest BCUT2D eigenvalue weighted by Crippen LogP contribution is -2.43. The van der Waals surface area contributed by atoms with E-state index in [-0.39, 0.29) is 24.6 Å². The van der Waals surface area contributed by atoms with Crippen molar-refractivity contribution in [2.75, 3.05) is 18.2 Å². The maximum atomic E-state index is 12.4. The van der Waals surface area contributed by atoms with E-state index in [2.05, 4.69) is 32.9 Å². The summed E-state index contributed by atoms with van der Waals surface area (Å²) in [6.07, 6.45) is 0.203. The molecule has 0 saturated heterocycles. The van der Waals surface area contributed by atoms with Crippen molar-refractivity contribution in [3.63, 3.8) is 0 Å². The van der Waals surface area contributed by atoms with Gasteiger partial charge in [-0.2, -0.15) is 5.10 Å². The van der Waals surface area contributed by atoms with Gasteiger partial charge in [0.15, 0.2) is 0 Å². The second-order valence-corrected chi connectivity index (χ2v) is 6.02. The number of para-hydroxylation sites is 1. The molecule has 1 aliphatic heterocycles. The first-order valence-electron chi connectivity index (χ1n) is 7.22. The number of carbonyl (C=O) groups excluding carboxylic acids is 2. The Morgan fingerprint density at radius 2 is 2.13 bits per heavy atom. The predicted octanol–water partition coefficient (Wildman–Crippen LogP) is 2.21. The van der Waals surface area contributed by atoms with Crippen LogP contribution in [-0.4, -0.2) is 36.8 Å². The standard InChI is InChI=1S/C16H18BrN3O3/c1-3-23-16(22)13-9-14(15(21)18-10-11(2)17)20(19-13)12-7-5-4-6-8-12/h4-8,14H,2-3,9-10H2,1H3,(H,18,21). The number of amides is 1. The fraction of sp³-hybridized carbons (Fsp3) is 0.312. The summed E-state index contributed by atoms with van der Waals surface area (Å²) in [7, 11) is 0. The first kappa shape index (κ1) is 17.2. The molecular weight excluding hydrogens is 362 g/mol. The number of nitrogens with one attached hydrogen (secondary N) is 1. The van der Waals surface area contributed by atoms with Crippen LogP contribution in [-0.2, 0) is 14.3 Å². The van der Waals surface area contributed by atoms with Gasteiger partial charge in [0, 0.05) is 17.4 Å². The Morgan fingerprint density at radius 3 is 2.74 bits per heavy atom. The van der Waals surface area contributed by atoms with Crippen molar-refractivity contribution in [3.05, 3.63) is 41.4 Å². The van der Waals surface area contributed by atoms with Crippen LogP contribution in [0.15, 0.2) is 46.5 Å². The number of rotatable bonds is 6. The Hall–Kier alpha value is -2.15. The highest BCUT2D eigenvalue weighted by molar-refractivity contribution is 9.11. The van der Waals surface area contributed by atoms with Crippen LogP contribution < -0.4 is 10.3 Å². The molecule has 0 saturated carbocycles. The van der Waals surface area contributed by atoms with Gasteiger partial charge >= 0.3 is 5.97 Å². The van der Waals surface area contributed by atoms with E-state index in [1.807, 2.05) is 30.3 Å². The minimum atomic E-state index is -0.594. The quantitative estimate of drug-likeness (QED) is 0.769. The summed E-state index contributed by atoms with van der Waals surface area (Å²) in [6.45, 7) is 5.99. The number of carbonyl (C=O) groups is 2. The van der Waals surface area contributed by atoms with Gasteiger partial charge in [-0.25, -0.2) is 4.79 Å².